The number of para-hydroxylation sites is 1. The van der Waals surface area contributed by atoms with Gasteiger partial charge in [0, 0.05) is 41.0 Å². The van der Waals surface area contributed by atoms with E-state index in [-0.39, 0.29) is 0 Å². The molecule has 0 unspecified atom stereocenters. The number of methoxy groups -OCH3 is 1. The van der Waals surface area contributed by atoms with Gasteiger partial charge in [-0.2, -0.15) is 0 Å². The standard InChI is InChI=1S/C28H33N3OS2/c1-19(2)26-17-23-27(29-24-7-5-6-8-25(24)33-28(23)34-26)31-16-15-30(3)21(18-31)12-9-20-10-13-22(32-4)14-11-20/h5-8,10-11,13-14,17,19,21H,9,12,15-16,18H2,1-4H3/t21-/m0/s1. The number of rotatable bonds is 5. The third-order valence-corrected chi connectivity index (χ3v) is 9.52. The van der Waals surface area contributed by atoms with Gasteiger partial charge in [-0.05, 0) is 61.7 Å². The SMILES string of the molecule is COc1ccc(CC[C@H]2CN(C3=Nc4ccccc4Sc4sc(C(C)C)cc43)CCN2C)cc1. The lowest BCUT2D eigenvalue weighted by Crippen LogP contribution is -2.53. The molecule has 34 heavy (non-hydrogen) atoms. The van der Waals surface area contributed by atoms with E-state index in [1.54, 1.807) is 7.11 Å². The quantitative estimate of drug-likeness (QED) is 0.398. The Bertz CT molecular complexity index is 1170. The van der Waals surface area contributed by atoms with E-state index >= 15 is 0 Å². The van der Waals surface area contributed by atoms with Gasteiger partial charge in [0.15, 0.2) is 0 Å². The summed E-state index contributed by atoms with van der Waals surface area (Å²) in [6.45, 7) is 7.63. The summed E-state index contributed by atoms with van der Waals surface area (Å²) in [5, 5.41) is 0. The average Bonchev–Trinajstić information content (AvgIpc) is 3.20. The summed E-state index contributed by atoms with van der Waals surface area (Å²) in [5.41, 5.74) is 3.77. The van der Waals surface area contributed by atoms with Crippen molar-refractivity contribution in [1.29, 1.82) is 0 Å². The molecule has 1 atom stereocenters. The molecule has 1 aromatic heterocycles. The van der Waals surface area contributed by atoms with Gasteiger partial charge < -0.3 is 9.64 Å². The number of piperazine rings is 1. The molecule has 0 N–H and O–H groups in total. The highest BCUT2D eigenvalue weighted by Gasteiger charge is 2.30. The Labute approximate surface area is 211 Å². The van der Waals surface area contributed by atoms with Gasteiger partial charge in [0.25, 0.3) is 0 Å². The number of aliphatic imine (C=N–C) groups is 1. The van der Waals surface area contributed by atoms with Crippen LogP contribution < -0.4 is 4.74 Å². The summed E-state index contributed by atoms with van der Waals surface area (Å²) in [7, 11) is 3.99. The maximum absolute atomic E-state index is 5.31. The van der Waals surface area contributed by atoms with E-state index in [1.165, 1.54) is 25.1 Å². The molecule has 1 saturated heterocycles. The summed E-state index contributed by atoms with van der Waals surface area (Å²) in [6.07, 6.45) is 2.20. The second kappa shape index (κ2) is 10.1. The molecule has 1 fully saturated rings. The lowest BCUT2D eigenvalue weighted by molar-refractivity contribution is 0.134. The topological polar surface area (TPSA) is 28.1 Å². The van der Waals surface area contributed by atoms with Crippen LogP contribution in [0.1, 0.15) is 42.2 Å². The fourth-order valence-corrected chi connectivity index (χ4v) is 7.07. The van der Waals surface area contributed by atoms with Crippen LogP contribution in [0.2, 0.25) is 0 Å². The molecule has 0 aliphatic carbocycles. The van der Waals surface area contributed by atoms with E-state index in [4.69, 9.17) is 9.73 Å². The van der Waals surface area contributed by atoms with Crippen molar-refractivity contribution in [2.75, 3.05) is 33.8 Å². The molecule has 2 aromatic carbocycles. The van der Waals surface area contributed by atoms with Crippen LogP contribution in [0, 0.1) is 0 Å². The molecule has 0 saturated carbocycles. The zero-order valence-electron chi connectivity index (χ0n) is 20.5. The fraction of sp³-hybridized carbons (Fsp3) is 0.393. The van der Waals surface area contributed by atoms with E-state index in [0.29, 0.717) is 12.0 Å². The smallest absolute Gasteiger partial charge is 0.138 e. The minimum Gasteiger partial charge on any atom is -0.497 e. The number of hydrogen-bond acceptors (Lipinski definition) is 6. The van der Waals surface area contributed by atoms with Crippen molar-refractivity contribution in [2.24, 2.45) is 4.99 Å². The number of fused-ring (bicyclic) bond motifs is 2. The van der Waals surface area contributed by atoms with Gasteiger partial charge in [0.1, 0.15) is 11.6 Å². The molecule has 6 heteroatoms. The van der Waals surface area contributed by atoms with Gasteiger partial charge >= 0.3 is 0 Å². The third-order valence-electron chi connectivity index (χ3n) is 6.82. The normalized spacial score (nSPS) is 18.3. The van der Waals surface area contributed by atoms with Gasteiger partial charge in [-0.15, -0.1) is 11.3 Å². The van der Waals surface area contributed by atoms with Crippen molar-refractivity contribution in [2.45, 2.75) is 47.8 Å². The van der Waals surface area contributed by atoms with Gasteiger partial charge in [0.05, 0.1) is 17.0 Å². The van der Waals surface area contributed by atoms with E-state index in [2.05, 4.69) is 85.3 Å². The summed E-state index contributed by atoms with van der Waals surface area (Å²) in [6, 6.07) is 20.0. The van der Waals surface area contributed by atoms with Crippen LogP contribution in [0.25, 0.3) is 0 Å². The predicted molar refractivity (Wildman–Crippen MR) is 144 cm³/mol. The second-order valence-electron chi connectivity index (χ2n) is 9.48. The fourth-order valence-electron chi connectivity index (χ4n) is 4.64. The molecule has 0 spiro atoms. The molecule has 0 radical (unpaired) electrons. The van der Waals surface area contributed by atoms with E-state index in [9.17, 15) is 0 Å². The number of nitrogens with zero attached hydrogens (tertiary/aromatic N) is 3. The first kappa shape index (κ1) is 23.5. The molecule has 5 rings (SSSR count). The van der Waals surface area contributed by atoms with Gasteiger partial charge in [-0.25, -0.2) is 4.99 Å². The van der Waals surface area contributed by atoms with Crippen molar-refractivity contribution >= 4 is 34.6 Å². The lowest BCUT2D eigenvalue weighted by atomic mass is 10.0. The van der Waals surface area contributed by atoms with Gasteiger partial charge in [-0.3, -0.25) is 4.90 Å². The molecule has 0 bridgehead atoms. The molecule has 178 valence electrons. The number of hydrogen-bond donors (Lipinski definition) is 0. The van der Waals surface area contributed by atoms with Crippen LogP contribution in [-0.2, 0) is 6.42 Å². The van der Waals surface area contributed by atoms with E-state index in [1.807, 2.05) is 23.1 Å². The number of likely N-dealkylation sites (N-methyl/N-ethyl adjacent to an activating group) is 1. The van der Waals surface area contributed by atoms with Crippen molar-refractivity contribution in [3.8, 4) is 5.75 Å². The minimum absolute atomic E-state index is 0.497. The number of aryl methyl sites for hydroxylation is 1. The zero-order valence-corrected chi connectivity index (χ0v) is 22.1. The van der Waals surface area contributed by atoms with Crippen LogP contribution >= 0.6 is 23.1 Å². The summed E-state index contributed by atoms with van der Waals surface area (Å²) >= 11 is 3.81. The van der Waals surface area contributed by atoms with E-state index in [0.717, 1.165) is 49.7 Å². The Kier molecular flexibility index (Phi) is 7.00. The number of thiophene rings is 1. The average molecular weight is 492 g/mol. The molecular formula is C28H33N3OS2. The Hall–Kier alpha value is -2.28. The summed E-state index contributed by atoms with van der Waals surface area (Å²) in [4.78, 5) is 13.0. The molecule has 3 heterocycles. The monoisotopic (exact) mass is 491 g/mol. The van der Waals surface area contributed by atoms with E-state index < -0.39 is 0 Å². The molecule has 3 aromatic rings. The highest BCUT2D eigenvalue weighted by atomic mass is 32.2. The van der Waals surface area contributed by atoms with Crippen LogP contribution in [-0.4, -0.2) is 55.5 Å². The molecule has 2 aliphatic heterocycles. The Balaban J connectivity index is 1.40. The van der Waals surface area contributed by atoms with Crippen LogP contribution in [0.5, 0.6) is 5.75 Å². The van der Waals surface area contributed by atoms with Crippen molar-refractivity contribution < 1.29 is 4.74 Å². The first-order valence-electron chi connectivity index (χ1n) is 12.1. The van der Waals surface area contributed by atoms with Crippen LogP contribution in [0.3, 0.4) is 0 Å². The van der Waals surface area contributed by atoms with Crippen LogP contribution in [0.4, 0.5) is 5.69 Å². The number of amidine groups is 1. The second-order valence-corrected chi connectivity index (χ2v) is 11.9. The predicted octanol–water partition coefficient (Wildman–Crippen LogP) is 6.67. The van der Waals surface area contributed by atoms with Crippen molar-refractivity contribution in [3.05, 3.63) is 70.6 Å². The molecular weight excluding hydrogens is 458 g/mol. The maximum atomic E-state index is 5.31. The maximum Gasteiger partial charge on any atom is 0.138 e. The first-order chi connectivity index (χ1) is 16.5. The van der Waals surface area contributed by atoms with Gasteiger partial charge in [-0.1, -0.05) is 49.9 Å². The highest BCUT2D eigenvalue weighted by molar-refractivity contribution is 8.01. The van der Waals surface area contributed by atoms with Crippen molar-refractivity contribution in [1.82, 2.24) is 9.80 Å². The number of ether oxygens (including phenoxy) is 1. The number of benzene rings is 2. The third kappa shape index (κ3) is 4.90. The molecule has 0 amide bonds. The Morgan fingerprint density at radius 1 is 1.09 bits per heavy atom. The summed E-state index contributed by atoms with van der Waals surface area (Å²) < 4.78 is 6.69. The molecule has 2 aliphatic rings. The summed E-state index contributed by atoms with van der Waals surface area (Å²) in [5.74, 6) is 2.60. The zero-order chi connectivity index (χ0) is 23.7. The van der Waals surface area contributed by atoms with Gasteiger partial charge in [0.2, 0.25) is 0 Å². The Morgan fingerprint density at radius 2 is 1.88 bits per heavy atom. The largest absolute Gasteiger partial charge is 0.497 e. The van der Waals surface area contributed by atoms with Crippen LogP contribution in [0.15, 0.2) is 68.7 Å². The molecule has 4 nitrogen and oxygen atoms in total. The van der Waals surface area contributed by atoms with Crippen molar-refractivity contribution in [3.63, 3.8) is 0 Å². The Morgan fingerprint density at radius 3 is 2.65 bits per heavy atom. The first-order valence-corrected chi connectivity index (χ1v) is 13.7. The lowest BCUT2D eigenvalue weighted by Gasteiger charge is -2.41. The minimum atomic E-state index is 0.497. The highest BCUT2D eigenvalue weighted by Crippen LogP contribution is 2.45.